The van der Waals surface area contributed by atoms with E-state index >= 15 is 0 Å². The summed E-state index contributed by atoms with van der Waals surface area (Å²) in [6, 6.07) is 69.8. The van der Waals surface area contributed by atoms with Gasteiger partial charge in [0.05, 0.1) is 16.4 Å². The maximum atomic E-state index is 5.23. The summed E-state index contributed by atoms with van der Waals surface area (Å²) in [6.45, 7) is 0. The minimum Gasteiger partial charge on any atom is -0.247 e. The molecule has 1 heterocycles. The Balaban J connectivity index is 1.14. The molecular formula is C52H31N. The third kappa shape index (κ3) is 3.73. The predicted molar refractivity (Wildman–Crippen MR) is 221 cm³/mol. The molecule has 1 spiro atoms. The Morgan fingerprint density at radius 2 is 0.906 bits per heavy atom. The Morgan fingerprint density at radius 3 is 1.68 bits per heavy atom. The second kappa shape index (κ2) is 10.6. The fourth-order valence-electron chi connectivity index (χ4n) is 9.98. The van der Waals surface area contributed by atoms with Gasteiger partial charge in [-0.2, -0.15) is 0 Å². The Labute approximate surface area is 307 Å². The highest BCUT2D eigenvalue weighted by atomic mass is 14.7. The molecule has 2 aliphatic carbocycles. The largest absolute Gasteiger partial charge is 0.247 e. The number of rotatable bonds is 2. The van der Waals surface area contributed by atoms with Crippen LogP contribution in [-0.4, -0.2) is 4.98 Å². The first-order valence-corrected chi connectivity index (χ1v) is 18.5. The Kier molecular flexibility index (Phi) is 5.77. The molecule has 0 saturated carbocycles. The van der Waals surface area contributed by atoms with Crippen LogP contribution in [0.1, 0.15) is 22.3 Å². The average Bonchev–Trinajstić information content (AvgIpc) is 3.52. The molecule has 0 aliphatic heterocycles. The zero-order valence-electron chi connectivity index (χ0n) is 28.8. The summed E-state index contributed by atoms with van der Waals surface area (Å²) >= 11 is 0. The van der Waals surface area contributed by atoms with E-state index in [1.54, 1.807) is 0 Å². The van der Waals surface area contributed by atoms with Crippen molar-refractivity contribution >= 4 is 43.4 Å². The van der Waals surface area contributed by atoms with Crippen molar-refractivity contribution in [2.75, 3.05) is 0 Å². The van der Waals surface area contributed by atoms with E-state index in [9.17, 15) is 0 Å². The van der Waals surface area contributed by atoms with E-state index in [-0.39, 0.29) is 0 Å². The van der Waals surface area contributed by atoms with E-state index in [0.29, 0.717) is 0 Å². The third-order valence-electron chi connectivity index (χ3n) is 12.1. The fourth-order valence-corrected chi connectivity index (χ4v) is 9.98. The molecule has 0 unspecified atom stereocenters. The predicted octanol–water partition coefficient (Wildman–Crippen LogP) is 13.4. The molecule has 0 fully saturated rings. The van der Waals surface area contributed by atoms with E-state index in [1.807, 2.05) is 0 Å². The Bertz CT molecular complexity index is 3140. The lowest BCUT2D eigenvalue weighted by Crippen LogP contribution is -2.31. The normalized spacial score (nSPS) is 13.4. The van der Waals surface area contributed by atoms with Gasteiger partial charge >= 0.3 is 0 Å². The number of pyridine rings is 1. The van der Waals surface area contributed by atoms with Crippen LogP contribution in [0, 0.1) is 0 Å². The van der Waals surface area contributed by atoms with E-state index in [4.69, 9.17) is 4.98 Å². The van der Waals surface area contributed by atoms with Crippen LogP contribution >= 0.6 is 0 Å². The summed E-state index contributed by atoms with van der Waals surface area (Å²) < 4.78 is 0. The van der Waals surface area contributed by atoms with Gasteiger partial charge in [0.15, 0.2) is 0 Å². The first-order chi connectivity index (χ1) is 26.3. The van der Waals surface area contributed by atoms with Crippen LogP contribution in [0.5, 0.6) is 0 Å². The number of hydrogen-bond acceptors (Lipinski definition) is 1. The molecule has 12 rings (SSSR count). The van der Waals surface area contributed by atoms with Gasteiger partial charge in [-0.05, 0) is 89.5 Å². The molecule has 9 aromatic carbocycles. The molecule has 0 radical (unpaired) electrons. The van der Waals surface area contributed by atoms with Crippen molar-refractivity contribution in [3.8, 4) is 44.5 Å². The standard InChI is InChI=1S/C52H31N/c1-2-16-36-32(13-1)27-28-43-49(42-20-6-10-26-48(42)53-51(36)43)34-15-11-14-33(31-34)35-29-30-41-39-19-5-9-24-46(39)52(47-25-12-21-40(35)50(41)47)44-22-7-3-17-37(44)38-18-4-8-23-45(38)52/h1-31H. The van der Waals surface area contributed by atoms with Gasteiger partial charge in [0.1, 0.15) is 0 Å². The first-order valence-electron chi connectivity index (χ1n) is 18.5. The molecule has 0 saturated heterocycles. The van der Waals surface area contributed by atoms with Gasteiger partial charge in [-0.1, -0.05) is 176 Å². The van der Waals surface area contributed by atoms with Crippen molar-refractivity contribution in [2.45, 2.75) is 5.41 Å². The van der Waals surface area contributed by atoms with Crippen LogP contribution < -0.4 is 0 Å². The first kappa shape index (κ1) is 28.8. The lowest BCUT2D eigenvalue weighted by molar-refractivity contribution is 0.773. The number of hydrogen-bond donors (Lipinski definition) is 0. The van der Waals surface area contributed by atoms with Crippen molar-refractivity contribution in [2.24, 2.45) is 0 Å². The van der Waals surface area contributed by atoms with Gasteiger partial charge in [0.25, 0.3) is 0 Å². The Morgan fingerprint density at radius 1 is 0.340 bits per heavy atom. The van der Waals surface area contributed by atoms with Crippen molar-refractivity contribution < 1.29 is 0 Å². The second-order valence-electron chi connectivity index (χ2n) is 14.5. The van der Waals surface area contributed by atoms with Crippen LogP contribution in [0.15, 0.2) is 188 Å². The smallest absolute Gasteiger partial charge is 0.0794 e. The Hall–Kier alpha value is -6.83. The lowest BCUT2D eigenvalue weighted by atomic mass is 9.61. The molecule has 0 N–H and O–H groups in total. The number of benzene rings is 9. The van der Waals surface area contributed by atoms with Crippen LogP contribution in [0.4, 0.5) is 0 Å². The molecule has 0 atom stereocenters. The van der Waals surface area contributed by atoms with Gasteiger partial charge < -0.3 is 0 Å². The van der Waals surface area contributed by atoms with Crippen molar-refractivity contribution in [1.29, 1.82) is 0 Å². The maximum absolute atomic E-state index is 5.23. The number of aromatic nitrogens is 1. The van der Waals surface area contributed by atoms with Crippen molar-refractivity contribution in [3.63, 3.8) is 0 Å². The van der Waals surface area contributed by atoms with Crippen LogP contribution in [0.25, 0.3) is 87.9 Å². The SMILES string of the molecule is c1cc(-c2ccc3c4c(cccc24)C2(c4ccccc4-c4ccccc42)c2ccccc2-3)cc(-c2c3ccccc3nc3c2ccc2ccccc23)c1. The summed E-state index contributed by atoms with van der Waals surface area (Å²) in [5.74, 6) is 0. The highest BCUT2D eigenvalue weighted by Crippen LogP contribution is 2.62. The zero-order valence-corrected chi connectivity index (χ0v) is 28.8. The van der Waals surface area contributed by atoms with Gasteiger partial charge in [-0.25, -0.2) is 4.98 Å². The minimum absolute atomic E-state index is 0.408. The summed E-state index contributed by atoms with van der Waals surface area (Å²) in [5, 5.41) is 7.35. The maximum Gasteiger partial charge on any atom is 0.0794 e. The van der Waals surface area contributed by atoms with E-state index in [0.717, 1.165) is 11.0 Å². The minimum atomic E-state index is -0.408. The third-order valence-corrected chi connectivity index (χ3v) is 12.1. The van der Waals surface area contributed by atoms with Gasteiger partial charge in [0, 0.05) is 21.7 Å². The van der Waals surface area contributed by atoms with Crippen LogP contribution in [0.3, 0.4) is 0 Å². The van der Waals surface area contributed by atoms with E-state index < -0.39 is 5.41 Å². The van der Waals surface area contributed by atoms with Crippen molar-refractivity contribution in [3.05, 3.63) is 210 Å². The molecule has 1 nitrogen and oxygen atoms in total. The number of para-hydroxylation sites is 1. The number of nitrogens with zero attached hydrogens (tertiary/aromatic N) is 1. The molecule has 0 bridgehead atoms. The molecule has 244 valence electrons. The summed E-state index contributed by atoms with van der Waals surface area (Å²) in [6.07, 6.45) is 0. The van der Waals surface area contributed by atoms with Crippen LogP contribution in [-0.2, 0) is 5.41 Å². The average molecular weight is 670 g/mol. The fraction of sp³-hybridized carbons (Fsp3) is 0.0192. The molecular weight excluding hydrogens is 639 g/mol. The van der Waals surface area contributed by atoms with Crippen molar-refractivity contribution in [1.82, 2.24) is 4.98 Å². The lowest BCUT2D eigenvalue weighted by Gasteiger charge is -2.40. The molecule has 1 aromatic heterocycles. The quantitative estimate of drug-likeness (QED) is 0.132. The van der Waals surface area contributed by atoms with E-state index in [2.05, 4.69) is 188 Å². The molecule has 0 amide bonds. The summed E-state index contributed by atoms with van der Waals surface area (Å²) in [7, 11) is 0. The van der Waals surface area contributed by atoms with Gasteiger partial charge in [-0.15, -0.1) is 0 Å². The molecule has 1 heteroatoms. The van der Waals surface area contributed by atoms with E-state index in [1.165, 1.54) is 99.1 Å². The zero-order chi connectivity index (χ0) is 34.7. The highest BCUT2D eigenvalue weighted by molar-refractivity contribution is 6.17. The monoisotopic (exact) mass is 669 g/mol. The molecule has 2 aliphatic rings. The molecule has 53 heavy (non-hydrogen) atoms. The van der Waals surface area contributed by atoms with Crippen LogP contribution in [0.2, 0.25) is 0 Å². The second-order valence-corrected chi connectivity index (χ2v) is 14.5. The van der Waals surface area contributed by atoms with Gasteiger partial charge in [0.2, 0.25) is 0 Å². The highest BCUT2D eigenvalue weighted by Gasteiger charge is 2.49. The summed E-state index contributed by atoms with van der Waals surface area (Å²) in [5.41, 5.74) is 17.2. The number of fused-ring (bicyclic) bond motifs is 13. The molecule has 10 aromatic rings. The van der Waals surface area contributed by atoms with Gasteiger partial charge in [-0.3, -0.25) is 0 Å². The summed E-state index contributed by atoms with van der Waals surface area (Å²) in [4.78, 5) is 5.23. The topological polar surface area (TPSA) is 12.9 Å².